The first-order valence-electron chi connectivity index (χ1n) is 6.53. The summed E-state index contributed by atoms with van der Waals surface area (Å²) in [6.45, 7) is 3.98. The molecule has 5 nitrogen and oxygen atoms in total. The number of hydrogen-bond donors (Lipinski definition) is 2. The molecule has 0 unspecified atom stereocenters. The molecule has 0 atom stereocenters. The lowest BCUT2D eigenvalue weighted by molar-refractivity contribution is 0.102. The topological polar surface area (TPSA) is 75.1 Å². The maximum Gasteiger partial charge on any atom is 0.261 e. The molecule has 0 aliphatic carbocycles. The number of aromatic nitrogens is 2. The van der Waals surface area contributed by atoms with Crippen LogP contribution in [0.1, 0.15) is 40.7 Å². The standard InChI is InChI=1S/C14H17N3O2S/c1-3-4-5-12-16-17-14(20-12)15-13(19)10-8-9(2)6-7-11(10)18/h6-8,18H,3-5H2,1-2H3,(H,15,17,19). The van der Waals surface area contributed by atoms with Crippen LogP contribution in [0.5, 0.6) is 5.75 Å². The van der Waals surface area contributed by atoms with Crippen LogP contribution in [0, 0.1) is 6.92 Å². The van der Waals surface area contributed by atoms with Gasteiger partial charge in [0.25, 0.3) is 5.91 Å². The Morgan fingerprint density at radius 3 is 2.95 bits per heavy atom. The van der Waals surface area contributed by atoms with Crippen molar-refractivity contribution in [2.45, 2.75) is 33.1 Å². The van der Waals surface area contributed by atoms with Crippen molar-refractivity contribution in [3.8, 4) is 5.75 Å². The van der Waals surface area contributed by atoms with Crippen molar-refractivity contribution in [3.05, 3.63) is 34.3 Å². The van der Waals surface area contributed by atoms with E-state index in [9.17, 15) is 9.90 Å². The average molecular weight is 291 g/mol. The molecule has 1 aromatic carbocycles. The molecule has 0 fully saturated rings. The third-order valence-corrected chi connectivity index (χ3v) is 3.73. The Bertz CT molecular complexity index is 610. The molecule has 2 rings (SSSR count). The molecule has 2 aromatic rings. The van der Waals surface area contributed by atoms with Gasteiger partial charge in [0.05, 0.1) is 5.56 Å². The maximum absolute atomic E-state index is 12.1. The van der Waals surface area contributed by atoms with Gasteiger partial charge in [-0.05, 0) is 25.5 Å². The van der Waals surface area contributed by atoms with Gasteiger partial charge in [-0.3, -0.25) is 10.1 Å². The Balaban J connectivity index is 2.07. The summed E-state index contributed by atoms with van der Waals surface area (Å²) in [7, 11) is 0. The number of nitrogens with zero attached hydrogens (tertiary/aromatic N) is 2. The number of aromatic hydroxyl groups is 1. The van der Waals surface area contributed by atoms with Crippen LogP contribution >= 0.6 is 11.3 Å². The zero-order valence-electron chi connectivity index (χ0n) is 11.5. The first kappa shape index (κ1) is 14.5. The number of phenols is 1. The summed E-state index contributed by atoms with van der Waals surface area (Å²) in [6, 6.07) is 4.90. The highest BCUT2D eigenvalue weighted by atomic mass is 32.1. The molecule has 2 N–H and O–H groups in total. The van der Waals surface area contributed by atoms with Gasteiger partial charge < -0.3 is 5.11 Å². The summed E-state index contributed by atoms with van der Waals surface area (Å²) < 4.78 is 0. The lowest BCUT2D eigenvalue weighted by Gasteiger charge is -2.04. The summed E-state index contributed by atoms with van der Waals surface area (Å²) in [6.07, 6.45) is 3.03. The molecule has 1 aromatic heterocycles. The first-order chi connectivity index (χ1) is 9.60. The van der Waals surface area contributed by atoms with E-state index >= 15 is 0 Å². The summed E-state index contributed by atoms with van der Waals surface area (Å²) in [5, 5.41) is 21.7. The number of nitrogens with one attached hydrogen (secondary N) is 1. The van der Waals surface area contributed by atoms with E-state index < -0.39 is 0 Å². The molecule has 0 radical (unpaired) electrons. The Morgan fingerprint density at radius 1 is 1.40 bits per heavy atom. The molecule has 6 heteroatoms. The van der Waals surface area contributed by atoms with E-state index in [1.165, 1.54) is 17.4 Å². The van der Waals surface area contributed by atoms with Gasteiger partial charge in [0.2, 0.25) is 5.13 Å². The van der Waals surface area contributed by atoms with Crippen LogP contribution < -0.4 is 5.32 Å². The van der Waals surface area contributed by atoms with Gasteiger partial charge in [0.1, 0.15) is 10.8 Å². The minimum absolute atomic E-state index is 0.0381. The fourth-order valence-corrected chi connectivity index (χ4v) is 2.51. The van der Waals surface area contributed by atoms with Crippen LogP contribution in [-0.2, 0) is 6.42 Å². The first-order valence-corrected chi connectivity index (χ1v) is 7.35. The van der Waals surface area contributed by atoms with Gasteiger partial charge in [-0.1, -0.05) is 36.3 Å². The zero-order chi connectivity index (χ0) is 14.5. The van der Waals surface area contributed by atoms with E-state index in [0.717, 1.165) is 29.8 Å². The van der Waals surface area contributed by atoms with E-state index in [4.69, 9.17) is 0 Å². The van der Waals surface area contributed by atoms with Gasteiger partial charge >= 0.3 is 0 Å². The lowest BCUT2D eigenvalue weighted by Crippen LogP contribution is -2.12. The van der Waals surface area contributed by atoms with Gasteiger partial charge in [0, 0.05) is 6.42 Å². The number of carbonyl (C=O) groups is 1. The lowest BCUT2D eigenvalue weighted by atomic mass is 10.1. The summed E-state index contributed by atoms with van der Waals surface area (Å²) in [4.78, 5) is 12.1. The quantitative estimate of drug-likeness (QED) is 0.887. The molecule has 0 spiro atoms. The van der Waals surface area contributed by atoms with Gasteiger partial charge in [-0.2, -0.15) is 0 Å². The van der Waals surface area contributed by atoms with Crippen LogP contribution in [0.4, 0.5) is 5.13 Å². The monoisotopic (exact) mass is 291 g/mol. The normalized spacial score (nSPS) is 10.5. The number of hydrogen-bond acceptors (Lipinski definition) is 5. The number of unbranched alkanes of at least 4 members (excludes halogenated alkanes) is 1. The highest BCUT2D eigenvalue weighted by Crippen LogP contribution is 2.22. The van der Waals surface area contributed by atoms with Crippen LogP contribution in [0.3, 0.4) is 0 Å². The van der Waals surface area contributed by atoms with E-state index in [2.05, 4.69) is 22.4 Å². The summed E-state index contributed by atoms with van der Waals surface area (Å²) in [5.41, 5.74) is 1.16. The van der Waals surface area contributed by atoms with E-state index in [1.807, 2.05) is 6.92 Å². The smallest absolute Gasteiger partial charge is 0.261 e. The Labute approximate surface area is 121 Å². The molecule has 0 bridgehead atoms. The highest BCUT2D eigenvalue weighted by molar-refractivity contribution is 7.15. The van der Waals surface area contributed by atoms with Crippen LogP contribution in [0.2, 0.25) is 0 Å². The minimum atomic E-state index is -0.371. The number of rotatable bonds is 5. The molecule has 0 saturated carbocycles. The molecule has 1 heterocycles. The second-order valence-electron chi connectivity index (χ2n) is 4.58. The molecular weight excluding hydrogens is 274 g/mol. The second-order valence-corrected chi connectivity index (χ2v) is 5.64. The predicted octanol–water partition coefficient (Wildman–Crippen LogP) is 3.15. The van der Waals surface area contributed by atoms with Gasteiger partial charge in [0.15, 0.2) is 0 Å². The largest absolute Gasteiger partial charge is 0.507 e. The van der Waals surface area contributed by atoms with Crippen LogP contribution in [0.25, 0.3) is 0 Å². The van der Waals surface area contributed by atoms with Crippen molar-refractivity contribution >= 4 is 22.4 Å². The van der Waals surface area contributed by atoms with Gasteiger partial charge in [-0.25, -0.2) is 0 Å². The van der Waals surface area contributed by atoms with Crippen molar-refractivity contribution in [3.63, 3.8) is 0 Å². The SMILES string of the molecule is CCCCc1nnc(NC(=O)c2cc(C)ccc2O)s1. The minimum Gasteiger partial charge on any atom is -0.507 e. The van der Waals surface area contributed by atoms with Crippen LogP contribution in [-0.4, -0.2) is 21.2 Å². The fraction of sp³-hybridized carbons (Fsp3) is 0.357. The Kier molecular flexibility index (Phi) is 4.68. The molecule has 106 valence electrons. The Hall–Kier alpha value is -1.95. The van der Waals surface area contributed by atoms with Gasteiger partial charge in [-0.15, -0.1) is 10.2 Å². The third-order valence-electron chi connectivity index (χ3n) is 2.83. The number of anilines is 1. The zero-order valence-corrected chi connectivity index (χ0v) is 12.3. The van der Waals surface area contributed by atoms with E-state index in [0.29, 0.717) is 5.13 Å². The molecule has 20 heavy (non-hydrogen) atoms. The number of benzene rings is 1. The van der Waals surface area contributed by atoms with Crippen molar-refractivity contribution in [2.75, 3.05) is 5.32 Å². The number of phenolic OH excluding ortho intramolecular Hbond substituents is 1. The summed E-state index contributed by atoms with van der Waals surface area (Å²) in [5.74, 6) is -0.409. The fourth-order valence-electron chi connectivity index (χ4n) is 1.73. The molecule has 0 aliphatic rings. The van der Waals surface area contributed by atoms with Crippen LogP contribution in [0.15, 0.2) is 18.2 Å². The molecule has 1 amide bonds. The van der Waals surface area contributed by atoms with Crippen molar-refractivity contribution in [1.82, 2.24) is 10.2 Å². The second kappa shape index (κ2) is 6.47. The van der Waals surface area contributed by atoms with Crippen molar-refractivity contribution in [2.24, 2.45) is 0 Å². The molecule has 0 saturated heterocycles. The number of aryl methyl sites for hydroxylation is 2. The summed E-state index contributed by atoms with van der Waals surface area (Å²) >= 11 is 1.37. The number of carbonyl (C=O) groups excluding carboxylic acids is 1. The number of amides is 1. The van der Waals surface area contributed by atoms with E-state index in [-0.39, 0.29) is 17.2 Å². The van der Waals surface area contributed by atoms with E-state index in [1.54, 1.807) is 12.1 Å². The van der Waals surface area contributed by atoms with Crippen molar-refractivity contribution < 1.29 is 9.90 Å². The molecular formula is C14H17N3O2S. The maximum atomic E-state index is 12.1. The Morgan fingerprint density at radius 2 is 2.20 bits per heavy atom. The average Bonchev–Trinajstić information content (AvgIpc) is 2.86. The third kappa shape index (κ3) is 3.54. The van der Waals surface area contributed by atoms with Crippen molar-refractivity contribution in [1.29, 1.82) is 0 Å². The predicted molar refractivity (Wildman–Crippen MR) is 79.3 cm³/mol. The highest BCUT2D eigenvalue weighted by Gasteiger charge is 2.14. The molecule has 0 aliphatic heterocycles.